The molecule has 2 aromatic rings. The van der Waals surface area contributed by atoms with E-state index in [1.807, 2.05) is 31.2 Å². The summed E-state index contributed by atoms with van der Waals surface area (Å²) in [5.74, 6) is 0. The van der Waals surface area contributed by atoms with Gasteiger partial charge >= 0.3 is 0 Å². The first-order valence-electron chi connectivity index (χ1n) is 6.88. The Bertz CT molecular complexity index is 522. The molecular formula is C14H21N5. The van der Waals surface area contributed by atoms with Gasteiger partial charge in [0.15, 0.2) is 0 Å². The van der Waals surface area contributed by atoms with E-state index in [1.54, 1.807) is 0 Å². The summed E-state index contributed by atoms with van der Waals surface area (Å²) in [5.41, 5.74) is 1.55. The minimum absolute atomic E-state index is 0.208. The predicted molar refractivity (Wildman–Crippen MR) is 74.0 cm³/mol. The molecule has 5 nitrogen and oxygen atoms in total. The summed E-state index contributed by atoms with van der Waals surface area (Å²) in [6.45, 7) is 7.61. The molecule has 0 bridgehead atoms. The van der Waals surface area contributed by atoms with Crippen LogP contribution in [0.4, 0.5) is 0 Å². The topological polar surface area (TPSA) is 47.7 Å². The normalized spacial score (nSPS) is 24.7. The van der Waals surface area contributed by atoms with Crippen LogP contribution in [0, 0.1) is 0 Å². The monoisotopic (exact) mass is 259 g/mol. The van der Waals surface area contributed by atoms with Crippen molar-refractivity contribution in [1.82, 2.24) is 24.4 Å². The van der Waals surface area contributed by atoms with E-state index in [-0.39, 0.29) is 5.41 Å². The van der Waals surface area contributed by atoms with Gasteiger partial charge in [0, 0.05) is 48.8 Å². The van der Waals surface area contributed by atoms with Crippen molar-refractivity contribution in [2.45, 2.75) is 38.3 Å². The molecule has 0 saturated carbocycles. The SMILES string of the molecule is CC(Cn1ccnc1)n1cncc1C1(C)CCNC1. The molecule has 1 N–H and O–H groups in total. The maximum atomic E-state index is 4.37. The minimum Gasteiger partial charge on any atom is -0.335 e. The highest BCUT2D eigenvalue weighted by Gasteiger charge is 2.34. The third kappa shape index (κ3) is 2.30. The van der Waals surface area contributed by atoms with Crippen molar-refractivity contribution < 1.29 is 0 Å². The lowest BCUT2D eigenvalue weighted by Crippen LogP contribution is -2.29. The predicted octanol–water partition coefficient (Wildman–Crippen LogP) is 1.59. The van der Waals surface area contributed by atoms with Gasteiger partial charge in [0.2, 0.25) is 0 Å². The Kier molecular flexibility index (Phi) is 3.14. The quantitative estimate of drug-likeness (QED) is 0.907. The van der Waals surface area contributed by atoms with E-state index in [0.717, 1.165) is 19.6 Å². The number of hydrogen-bond acceptors (Lipinski definition) is 3. The Morgan fingerprint density at radius 3 is 3.00 bits per heavy atom. The third-order valence-corrected chi connectivity index (χ3v) is 4.16. The second-order valence-corrected chi connectivity index (χ2v) is 5.78. The molecule has 3 heterocycles. The van der Waals surface area contributed by atoms with Crippen molar-refractivity contribution in [1.29, 1.82) is 0 Å². The molecule has 0 amide bonds. The number of hydrogen-bond donors (Lipinski definition) is 1. The van der Waals surface area contributed by atoms with E-state index >= 15 is 0 Å². The first-order chi connectivity index (χ1) is 9.19. The van der Waals surface area contributed by atoms with Crippen LogP contribution in [0.15, 0.2) is 31.2 Å². The molecule has 0 aliphatic carbocycles. The highest BCUT2D eigenvalue weighted by molar-refractivity contribution is 5.18. The van der Waals surface area contributed by atoms with Crippen LogP contribution >= 0.6 is 0 Å². The first-order valence-corrected chi connectivity index (χ1v) is 6.88. The van der Waals surface area contributed by atoms with Crippen LogP contribution in [-0.4, -0.2) is 32.2 Å². The fourth-order valence-corrected chi connectivity index (χ4v) is 2.95. The Balaban J connectivity index is 1.83. The van der Waals surface area contributed by atoms with Crippen molar-refractivity contribution in [3.05, 3.63) is 36.9 Å². The van der Waals surface area contributed by atoms with Gasteiger partial charge in [0.1, 0.15) is 0 Å². The summed E-state index contributed by atoms with van der Waals surface area (Å²) >= 11 is 0. The van der Waals surface area contributed by atoms with Crippen molar-refractivity contribution >= 4 is 0 Å². The molecule has 102 valence electrons. The maximum Gasteiger partial charge on any atom is 0.0951 e. The van der Waals surface area contributed by atoms with Gasteiger partial charge in [0.05, 0.1) is 12.7 Å². The molecule has 0 aromatic carbocycles. The van der Waals surface area contributed by atoms with Crippen LogP contribution in [0.2, 0.25) is 0 Å². The Labute approximate surface area is 113 Å². The minimum atomic E-state index is 0.208. The number of rotatable bonds is 4. The van der Waals surface area contributed by atoms with Gasteiger partial charge in [-0.3, -0.25) is 0 Å². The molecule has 1 aliphatic rings. The summed E-state index contributed by atoms with van der Waals surface area (Å²) in [7, 11) is 0. The van der Waals surface area contributed by atoms with E-state index in [9.17, 15) is 0 Å². The van der Waals surface area contributed by atoms with Gasteiger partial charge in [-0.05, 0) is 19.9 Å². The smallest absolute Gasteiger partial charge is 0.0951 e. The van der Waals surface area contributed by atoms with Crippen LogP contribution in [0.25, 0.3) is 0 Å². The number of imidazole rings is 2. The zero-order valence-electron chi connectivity index (χ0n) is 11.6. The second-order valence-electron chi connectivity index (χ2n) is 5.78. The van der Waals surface area contributed by atoms with Gasteiger partial charge in [-0.2, -0.15) is 0 Å². The van der Waals surface area contributed by atoms with Crippen LogP contribution in [-0.2, 0) is 12.0 Å². The van der Waals surface area contributed by atoms with Gasteiger partial charge in [-0.1, -0.05) is 6.92 Å². The van der Waals surface area contributed by atoms with Crippen LogP contribution < -0.4 is 5.32 Å². The van der Waals surface area contributed by atoms with E-state index < -0.39 is 0 Å². The molecule has 1 aliphatic heterocycles. The van der Waals surface area contributed by atoms with Crippen molar-refractivity contribution in [2.24, 2.45) is 0 Å². The van der Waals surface area contributed by atoms with E-state index in [1.165, 1.54) is 12.1 Å². The largest absolute Gasteiger partial charge is 0.335 e. The Morgan fingerprint density at radius 2 is 2.32 bits per heavy atom. The lowest BCUT2D eigenvalue weighted by Gasteiger charge is -2.27. The lowest BCUT2D eigenvalue weighted by molar-refractivity contribution is 0.405. The van der Waals surface area contributed by atoms with Gasteiger partial charge in [-0.15, -0.1) is 0 Å². The average Bonchev–Trinajstić information content (AvgIpc) is 3.08. The lowest BCUT2D eigenvalue weighted by atomic mass is 9.86. The molecule has 2 aromatic heterocycles. The highest BCUT2D eigenvalue weighted by Crippen LogP contribution is 2.31. The molecule has 0 spiro atoms. The molecule has 0 radical (unpaired) electrons. The molecule has 3 rings (SSSR count). The molecule has 1 fully saturated rings. The summed E-state index contributed by atoms with van der Waals surface area (Å²) in [6, 6.07) is 0.379. The first kappa shape index (κ1) is 12.4. The van der Waals surface area contributed by atoms with E-state index in [4.69, 9.17) is 0 Å². The fourth-order valence-electron chi connectivity index (χ4n) is 2.95. The van der Waals surface area contributed by atoms with E-state index in [0.29, 0.717) is 6.04 Å². The summed E-state index contributed by atoms with van der Waals surface area (Å²) < 4.78 is 4.43. The standard InChI is InChI=1S/C14H21N5/c1-12(8-18-6-5-16-10-18)19-11-17-7-13(19)14(2)3-4-15-9-14/h5-7,10-12,15H,3-4,8-9H2,1-2H3. The van der Waals surface area contributed by atoms with Gasteiger partial charge in [-0.25, -0.2) is 9.97 Å². The number of aromatic nitrogens is 4. The van der Waals surface area contributed by atoms with E-state index in [2.05, 4.69) is 38.3 Å². The summed E-state index contributed by atoms with van der Waals surface area (Å²) in [5, 5.41) is 3.46. The zero-order chi connectivity index (χ0) is 13.3. The Hall–Kier alpha value is -1.62. The van der Waals surface area contributed by atoms with Crippen molar-refractivity contribution in [3.8, 4) is 0 Å². The molecule has 19 heavy (non-hydrogen) atoms. The van der Waals surface area contributed by atoms with Crippen LogP contribution in [0.3, 0.4) is 0 Å². The molecule has 1 saturated heterocycles. The summed E-state index contributed by atoms with van der Waals surface area (Å²) in [4.78, 5) is 8.47. The fraction of sp³-hybridized carbons (Fsp3) is 0.571. The molecule has 2 atom stereocenters. The van der Waals surface area contributed by atoms with Gasteiger partial charge < -0.3 is 14.5 Å². The van der Waals surface area contributed by atoms with Crippen molar-refractivity contribution in [3.63, 3.8) is 0 Å². The van der Waals surface area contributed by atoms with Gasteiger partial charge in [0.25, 0.3) is 0 Å². The average molecular weight is 259 g/mol. The van der Waals surface area contributed by atoms with Crippen molar-refractivity contribution in [2.75, 3.05) is 13.1 Å². The molecule has 2 unspecified atom stereocenters. The third-order valence-electron chi connectivity index (χ3n) is 4.16. The Morgan fingerprint density at radius 1 is 1.42 bits per heavy atom. The molecular weight excluding hydrogens is 238 g/mol. The van der Waals surface area contributed by atoms with Crippen LogP contribution in [0.1, 0.15) is 32.0 Å². The number of nitrogens with zero attached hydrogens (tertiary/aromatic N) is 4. The zero-order valence-corrected chi connectivity index (χ0v) is 11.6. The maximum absolute atomic E-state index is 4.37. The highest BCUT2D eigenvalue weighted by atomic mass is 15.1. The summed E-state index contributed by atoms with van der Waals surface area (Å²) in [6.07, 6.45) is 10.9. The number of nitrogens with one attached hydrogen (secondary N) is 1. The molecule has 5 heteroatoms. The second kappa shape index (κ2) is 4.81. The van der Waals surface area contributed by atoms with Crippen LogP contribution in [0.5, 0.6) is 0 Å².